The summed E-state index contributed by atoms with van der Waals surface area (Å²) in [4.78, 5) is 2.10. The van der Waals surface area contributed by atoms with Crippen LogP contribution in [0.1, 0.15) is 23.7 Å². The SMILES string of the molecule is Cc1nnc(NCC(C)N(C)C)c(C#N)c1C. The van der Waals surface area contributed by atoms with Crippen molar-refractivity contribution < 1.29 is 0 Å². The third kappa shape index (κ3) is 3.14. The van der Waals surface area contributed by atoms with Gasteiger partial charge in [-0.1, -0.05) is 0 Å². The molecule has 0 aliphatic carbocycles. The Morgan fingerprint density at radius 1 is 1.35 bits per heavy atom. The van der Waals surface area contributed by atoms with Crippen LogP contribution in [0, 0.1) is 25.2 Å². The summed E-state index contributed by atoms with van der Waals surface area (Å²) in [6, 6.07) is 2.54. The number of nitrogens with zero attached hydrogens (tertiary/aromatic N) is 4. The minimum absolute atomic E-state index is 0.366. The van der Waals surface area contributed by atoms with Crippen molar-refractivity contribution in [2.75, 3.05) is 26.0 Å². The first-order valence-electron chi connectivity index (χ1n) is 5.61. The number of anilines is 1. The molecular weight excluding hydrogens is 214 g/mol. The highest BCUT2D eigenvalue weighted by atomic mass is 15.2. The van der Waals surface area contributed by atoms with Crippen molar-refractivity contribution in [2.24, 2.45) is 0 Å². The molecule has 1 aromatic rings. The van der Waals surface area contributed by atoms with Gasteiger partial charge in [-0.2, -0.15) is 10.4 Å². The molecule has 1 aromatic heterocycles. The van der Waals surface area contributed by atoms with E-state index in [1.807, 2.05) is 27.9 Å². The Morgan fingerprint density at radius 3 is 2.53 bits per heavy atom. The predicted molar refractivity (Wildman–Crippen MR) is 67.9 cm³/mol. The van der Waals surface area contributed by atoms with Crippen LogP contribution in [0.3, 0.4) is 0 Å². The van der Waals surface area contributed by atoms with Crippen molar-refractivity contribution in [3.05, 3.63) is 16.8 Å². The summed E-state index contributed by atoms with van der Waals surface area (Å²) in [6.07, 6.45) is 0. The Morgan fingerprint density at radius 2 is 2.00 bits per heavy atom. The average Bonchev–Trinajstić information content (AvgIpc) is 2.30. The van der Waals surface area contributed by atoms with Gasteiger partial charge in [-0.05, 0) is 40.4 Å². The molecule has 1 heterocycles. The fraction of sp³-hybridized carbons (Fsp3) is 0.583. The molecule has 92 valence electrons. The molecule has 0 aromatic carbocycles. The van der Waals surface area contributed by atoms with E-state index >= 15 is 0 Å². The lowest BCUT2D eigenvalue weighted by Gasteiger charge is -2.20. The molecule has 1 unspecified atom stereocenters. The molecule has 1 N–H and O–H groups in total. The highest BCUT2D eigenvalue weighted by Crippen LogP contribution is 2.16. The molecule has 0 amide bonds. The average molecular weight is 233 g/mol. The number of hydrogen-bond donors (Lipinski definition) is 1. The van der Waals surface area contributed by atoms with Crippen LogP contribution in [0.2, 0.25) is 0 Å². The van der Waals surface area contributed by atoms with Crippen LogP contribution < -0.4 is 5.32 Å². The third-order valence-electron chi connectivity index (χ3n) is 3.01. The van der Waals surface area contributed by atoms with Gasteiger partial charge in [0.05, 0.1) is 5.69 Å². The Hall–Kier alpha value is -1.67. The van der Waals surface area contributed by atoms with Gasteiger partial charge in [-0.25, -0.2) is 0 Å². The van der Waals surface area contributed by atoms with Gasteiger partial charge in [0.15, 0.2) is 5.82 Å². The van der Waals surface area contributed by atoms with Gasteiger partial charge in [-0.15, -0.1) is 5.10 Å². The van der Waals surface area contributed by atoms with Crippen LogP contribution in [0.4, 0.5) is 5.82 Å². The number of hydrogen-bond acceptors (Lipinski definition) is 5. The predicted octanol–water partition coefficient (Wildman–Crippen LogP) is 1.33. The summed E-state index contributed by atoms with van der Waals surface area (Å²) in [7, 11) is 4.03. The molecule has 0 bridgehead atoms. The largest absolute Gasteiger partial charge is 0.366 e. The maximum absolute atomic E-state index is 9.13. The van der Waals surface area contributed by atoms with Crippen molar-refractivity contribution in [3.8, 4) is 6.07 Å². The quantitative estimate of drug-likeness (QED) is 0.850. The summed E-state index contributed by atoms with van der Waals surface area (Å²) in [5.41, 5.74) is 2.28. The van der Waals surface area contributed by atoms with E-state index in [4.69, 9.17) is 5.26 Å². The van der Waals surface area contributed by atoms with Gasteiger partial charge in [0.25, 0.3) is 0 Å². The fourth-order valence-corrected chi connectivity index (χ4v) is 1.30. The van der Waals surface area contributed by atoms with Gasteiger partial charge < -0.3 is 10.2 Å². The highest BCUT2D eigenvalue weighted by Gasteiger charge is 2.12. The molecule has 0 saturated heterocycles. The number of likely N-dealkylation sites (N-methyl/N-ethyl adjacent to an activating group) is 1. The van der Waals surface area contributed by atoms with E-state index in [-0.39, 0.29) is 0 Å². The van der Waals surface area contributed by atoms with Crippen LogP contribution >= 0.6 is 0 Å². The highest BCUT2D eigenvalue weighted by molar-refractivity contribution is 5.55. The van der Waals surface area contributed by atoms with Gasteiger partial charge in [0.1, 0.15) is 11.6 Å². The van der Waals surface area contributed by atoms with Crippen molar-refractivity contribution in [1.82, 2.24) is 15.1 Å². The minimum Gasteiger partial charge on any atom is -0.366 e. The number of aryl methyl sites for hydroxylation is 1. The Balaban J connectivity index is 2.86. The molecule has 0 fully saturated rings. The lowest BCUT2D eigenvalue weighted by molar-refractivity contribution is 0.326. The number of rotatable bonds is 4. The van der Waals surface area contributed by atoms with Gasteiger partial charge in [0.2, 0.25) is 0 Å². The Kier molecular flexibility index (Phi) is 4.41. The fourth-order valence-electron chi connectivity index (χ4n) is 1.30. The topological polar surface area (TPSA) is 64.8 Å². The first-order valence-corrected chi connectivity index (χ1v) is 5.61. The van der Waals surface area contributed by atoms with Crippen molar-refractivity contribution in [1.29, 1.82) is 5.26 Å². The van der Waals surface area contributed by atoms with E-state index in [0.29, 0.717) is 17.4 Å². The van der Waals surface area contributed by atoms with Crippen LogP contribution in [0.5, 0.6) is 0 Å². The molecule has 0 aliphatic heterocycles. The lowest BCUT2D eigenvalue weighted by atomic mass is 10.1. The first kappa shape index (κ1) is 13.4. The van der Waals surface area contributed by atoms with Gasteiger partial charge >= 0.3 is 0 Å². The van der Waals surface area contributed by atoms with E-state index in [1.54, 1.807) is 0 Å². The molecule has 1 rings (SSSR count). The van der Waals surface area contributed by atoms with Crippen molar-refractivity contribution in [2.45, 2.75) is 26.8 Å². The van der Waals surface area contributed by atoms with E-state index in [1.165, 1.54) is 0 Å². The molecule has 0 saturated carbocycles. The zero-order valence-corrected chi connectivity index (χ0v) is 11.1. The van der Waals surface area contributed by atoms with Crippen LogP contribution in [0.15, 0.2) is 0 Å². The molecule has 0 aliphatic rings. The second-order valence-electron chi connectivity index (χ2n) is 4.44. The van der Waals surface area contributed by atoms with E-state index in [2.05, 4.69) is 33.4 Å². The Bertz CT molecular complexity index is 433. The van der Waals surface area contributed by atoms with E-state index in [9.17, 15) is 0 Å². The first-order chi connectivity index (χ1) is 7.97. The Labute approximate surface area is 102 Å². The maximum atomic E-state index is 9.13. The van der Waals surface area contributed by atoms with E-state index in [0.717, 1.165) is 17.8 Å². The number of aromatic nitrogens is 2. The normalized spacial score (nSPS) is 12.3. The smallest absolute Gasteiger partial charge is 0.166 e. The lowest BCUT2D eigenvalue weighted by Crippen LogP contribution is -2.32. The summed E-state index contributed by atoms with van der Waals surface area (Å²) < 4.78 is 0. The molecule has 0 radical (unpaired) electrons. The zero-order valence-electron chi connectivity index (χ0n) is 11.1. The minimum atomic E-state index is 0.366. The second kappa shape index (κ2) is 5.60. The monoisotopic (exact) mass is 233 g/mol. The summed E-state index contributed by atoms with van der Waals surface area (Å²) in [5, 5.41) is 20.4. The maximum Gasteiger partial charge on any atom is 0.166 e. The standard InChI is InChI=1S/C12H19N5/c1-8(17(4)5)7-14-12-11(6-13)9(2)10(3)15-16-12/h8H,7H2,1-5H3,(H,14,16). The van der Waals surface area contributed by atoms with Crippen LogP contribution in [0.25, 0.3) is 0 Å². The molecular formula is C12H19N5. The molecule has 5 nitrogen and oxygen atoms in total. The van der Waals surface area contributed by atoms with E-state index < -0.39 is 0 Å². The molecule has 5 heteroatoms. The van der Waals surface area contributed by atoms with Crippen LogP contribution in [-0.4, -0.2) is 41.8 Å². The third-order valence-corrected chi connectivity index (χ3v) is 3.01. The van der Waals surface area contributed by atoms with Gasteiger partial charge in [0, 0.05) is 12.6 Å². The second-order valence-corrected chi connectivity index (χ2v) is 4.44. The molecule has 17 heavy (non-hydrogen) atoms. The van der Waals surface area contributed by atoms with Crippen LogP contribution in [-0.2, 0) is 0 Å². The van der Waals surface area contributed by atoms with Crippen molar-refractivity contribution in [3.63, 3.8) is 0 Å². The summed E-state index contributed by atoms with van der Waals surface area (Å²) in [6.45, 7) is 6.59. The van der Waals surface area contributed by atoms with Crippen molar-refractivity contribution >= 4 is 5.82 Å². The summed E-state index contributed by atoms with van der Waals surface area (Å²) in [5.74, 6) is 0.573. The number of nitrogens with one attached hydrogen (secondary N) is 1. The zero-order chi connectivity index (χ0) is 13.0. The van der Waals surface area contributed by atoms with Gasteiger partial charge in [-0.3, -0.25) is 0 Å². The number of nitriles is 1. The summed E-state index contributed by atoms with van der Waals surface area (Å²) >= 11 is 0. The molecule has 0 spiro atoms. The molecule has 1 atom stereocenters.